The quantitative estimate of drug-likeness (QED) is 0.0196. The molecule has 0 aromatic heterocycles. The lowest BCUT2D eigenvalue weighted by atomic mass is 10.1. The van der Waals surface area contributed by atoms with Crippen LogP contribution in [0.1, 0.15) is 123 Å². The first-order valence-corrected chi connectivity index (χ1v) is 20.8. The van der Waals surface area contributed by atoms with Gasteiger partial charge in [0.2, 0.25) is 0 Å². The van der Waals surface area contributed by atoms with Crippen LogP contribution in [0, 0.1) is 0 Å². The number of esters is 2. The van der Waals surface area contributed by atoms with Gasteiger partial charge < -0.3 is 24.4 Å². The molecule has 0 bridgehead atoms. The lowest BCUT2D eigenvalue weighted by Crippen LogP contribution is -2.29. The third kappa shape index (κ3) is 39.7. The Labute approximate surface area is 319 Å². The largest absolute Gasteiger partial charge is 0.469 e. The van der Waals surface area contributed by atoms with Gasteiger partial charge in [-0.15, -0.1) is 0 Å². The van der Waals surface area contributed by atoms with E-state index in [1.54, 1.807) is 6.08 Å². The number of allylic oxidation sites excluding steroid dienone is 16. The molecule has 0 rings (SSSR count). The van der Waals surface area contributed by atoms with Crippen molar-refractivity contribution in [1.29, 1.82) is 0 Å². The predicted octanol–water partition coefficient (Wildman–Crippen LogP) is 10.6. The zero-order valence-electron chi connectivity index (χ0n) is 32.2. The van der Waals surface area contributed by atoms with Crippen LogP contribution in [0.25, 0.3) is 0 Å². The van der Waals surface area contributed by atoms with E-state index in [2.05, 4.69) is 67.0 Å². The van der Waals surface area contributed by atoms with Gasteiger partial charge in [0.15, 0.2) is 6.10 Å². The van der Waals surface area contributed by atoms with Crippen LogP contribution in [0.5, 0.6) is 0 Å². The van der Waals surface area contributed by atoms with Gasteiger partial charge in [-0.2, -0.15) is 0 Å². The molecule has 0 saturated heterocycles. The summed E-state index contributed by atoms with van der Waals surface area (Å²) in [6, 6.07) is 0. The number of aliphatic hydroxyl groups excluding tert-OH is 1. The van der Waals surface area contributed by atoms with Gasteiger partial charge in [0.05, 0.1) is 12.7 Å². The van der Waals surface area contributed by atoms with Crippen LogP contribution in [0.2, 0.25) is 0 Å². The molecule has 298 valence electrons. The Kier molecular flexibility index (Phi) is 34.7. The molecule has 0 spiro atoms. The average molecular weight is 759 g/mol. The average Bonchev–Trinajstić information content (AvgIpc) is 3.12. The Balaban J connectivity index is 4.26. The number of phosphoric ester groups is 1. The summed E-state index contributed by atoms with van der Waals surface area (Å²) in [6.07, 6.45) is 48.5. The van der Waals surface area contributed by atoms with Crippen molar-refractivity contribution in [3.8, 4) is 0 Å². The molecule has 0 aliphatic carbocycles. The highest BCUT2D eigenvalue weighted by Gasteiger charge is 2.22. The van der Waals surface area contributed by atoms with Crippen LogP contribution in [-0.4, -0.2) is 52.3 Å². The minimum Gasteiger partial charge on any atom is -0.462 e. The van der Waals surface area contributed by atoms with E-state index in [-0.39, 0.29) is 19.4 Å². The van der Waals surface area contributed by atoms with Crippen molar-refractivity contribution in [1.82, 2.24) is 0 Å². The Morgan fingerprint density at radius 3 is 1.75 bits per heavy atom. The summed E-state index contributed by atoms with van der Waals surface area (Å²) in [7, 11) is -4.80. The summed E-state index contributed by atoms with van der Waals surface area (Å²) in [5.41, 5.74) is 0. The number of unbranched alkanes of at least 4 members (excludes halogenated alkanes) is 5. The lowest BCUT2D eigenvalue weighted by molar-refractivity contribution is -0.161. The number of carbonyl (C=O) groups is 2. The molecular weight excluding hydrogens is 691 g/mol. The smallest absolute Gasteiger partial charge is 0.462 e. The Hall–Kier alpha value is -3.33. The third-order valence-electron chi connectivity index (χ3n) is 7.37. The molecule has 0 radical (unpaired) electrons. The minimum atomic E-state index is -4.80. The molecule has 0 aromatic rings. The highest BCUT2D eigenvalue weighted by atomic mass is 31.2. The lowest BCUT2D eigenvalue weighted by Gasteiger charge is -2.18. The van der Waals surface area contributed by atoms with E-state index in [1.165, 1.54) is 19.3 Å². The molecule has 0 amide bonds. The van der Waals surface area contributed by atoms with Crippen LogP contribution in [0.3, 0.4) is 0 Å². The van der Waals surface area contributed by atoms with Crippen LogP contribution in [0.15, 0.2) is 109 Å². The van der Waals surface area contributed by atoms with Gasteiger partial charge in [-0.25, -0.2) is 4.57 Å². The second kappa shape index (κ2) is 37.0. The third-order valence-corrected chi connectivity index (χ3v) is 7.85. The Morgan fingerprint density at radius 2 is 1.15 bits per heavy atom. The van der Waals surface area contributed by atoms with Gasteiger partial charge >= 0.3 is 19.8 Å². The summed E-state index contributed by atoms with van der Waals surface area (Å²) in [5, 5.41) is 9.96. The fourth-order valence-corrected chi connectivity index (χ4v) is 4.85. The number of hydrogen-bond acceptors (Lipinski definition) is 7. The molecule has 0 saturated carbocycles. The maximum Gasteiger partial charge on any atom is 0.469 e. The maximum atomic E-state index is 12.3. The number of phosphoric acid groups is 1. The fourth-order valence-electron chi connectivity index (χ4n) is 4.49. The SMILES string of the molecule is CC/C=C\C/C=C\CC(O)/C=C/C=C\C/C=C\C/C=C\CCC(=O)O[C@H](COC(=O)CCCC/C=C\C/C=C\C/C=C\CCCCC)COP(=O)(O)O. The van der Waals surface area contributed by atoms with E-state index in [9.17, 15) is 19.3 Å². The van der Waals surface area contributed by atoms with Crippen LogP contribution < -0.4 is 0 Å². The fraction of sp³-hybridized carbons (Fsp3) is 0.535. The normalized spacial score (nSPS) is 14.3. The van der Waals surface area contributed by atoms with Crippen molar-refractivity contribution in [2.24, 2.45) is 0 Å². The minimum absolute atomic E-state index is 0.0483. The summed E-state index contributed by atoms with van der Waals surface area (Å²) < 4.78 is 26.2. The molecule has 0 aliphatic heterocycles. The van der Waals surface area contributed by atoms with Crippen LogP contribution in [0.4, 0.5) is 0 Å². The summed E-state index contributed by atoms with van der Waals surface area (Å²) in [5.74, 6) is -1.07. The number of hydrogen-bond donors (Lipinski definition) is 3. The van der Waals surface area contributed by atoms with Crippen LogP contribution >= 0.6 is 7.82 Å². The van der Waals surface area contributed by atoms with Gasteiger partial charge in [0.25, 0.3) is 0 Å². The van der Waals surface area contributed by atoms with Gasteiger partial charge in [0.1, 0.15) is 6.61 Å². The maximum absolute atomic E-state index is 12.3. The van der Waals surface area contributed by atoms with Crippen molar-refractivity contribution in [3.05, 3.63) is 109 Å². The van der Waals surface area contributed by atoms with Crippen molar-refractivity contribution in [3.63, 3.8) is 0 Å². The van der Waals surface area contributed by atoms with Gasteiger partial charge in [0, 0.05) is 12.8 Å². The number of carbonyl (C=O) groups excluding carboxylic acids is 2. The van der Waals surface area contributed by atoms with E-state index in [0.717, 1.165) is 51.4 Å². The van der Waals surface area contributed by atoms with E-state index >= 15 is 0 Å². The standard InChI is InChI=1S/C43H67O9P/c1-3-5-7-9-11-12-13-14-15-16-17-21-24-28-32-36-42(45)50-38-41(39-51-53(47,48)49)52-43(46)37-33-29-25-22-19-18-20-23-27-31-35-40(44)34-30-26-10-8-6-4-2/h6,8,11-12,14-15,17-19,21,23,25-27,29-31,35,40-41,44H,3-5,7,9-10,13,16,20,22,24,28,32-34,36-39H2,1-2H3,(H2,47,48,49)/b8-6-,12-11-,15-14-,19-18-,21-17-,27-23-,29-25-,30-26-,35-31+/t40?,41-/m1/s1. The highest BCUT2D eigenvalue weighted by molar-refractivity contribution is 7.46. The Bertz CT molecular complexity index is 1230. The summed E-state index contributed by atoms with van der Waals surface area (Å²) >= 11 is 0. The zero-order valence-corrected chi connectivity index (χ0v) is 33.1. The molecule has 10 heteroatoms. The zero-order chi connectivity index (χ0) is 39.1. The van der Waals surface area contributed by atoms with E-state index in [4.69, 9.17) is 19.3 Å². The van der Waals surface area contributed by atoms with Crippen molar-refractivity contribution in [2.75, 3.05) is 13.2 Å². The summed E-state index contributed by atoms with van der Waals surface area (Å²) in [6.45, 7) is 3.35. The predicted molar refractivity (Wildman–Crippen MR) is 217 cm³/mol. The number of ether oxygens (including phenoxy) is 2. The van der Waals surface area contributed by atoms with Gasteiger partial charge in [-0.05, 0) is 83.5 Å². The Morgan fingerprint density at radius 1 is 0.604 bits per heavy atom. The molecule has 9 nitrogen and oxygen atoms in total. The van der Waals surface area contributed by atoms with Crippen LogP contribution in [-0.2, 0) is 28.2 Å². The van der Waals surface area contributed by atoms with Crippen molar-refractivity contribution in [2.45, 2.75) is 135 Å². The van der Waals surface area contributed by atoms with Crippen molar-refractivity contribution < 1.29 is 43.0 Å². The summed E-state index contributed by atoms with van der Waals surface area (Å²) in [4.78, 5) is 42.7. The topological polar surface area (TPSA) is 140 Å². The molecule has 3 N–H and O–H groups in total. The first kappa shape index (κ1) is 49.7. The molecule has 1 unspecified atom stereocenters. The van der Waals surface area contributed by atoms with Gasteiger partial charge in [-0.1, -0.05) is 136 Å². The highest BCUT2D eigenvalue weighted by Crippen LogP contribution is 2.35. The number of aliphatic hydroxyl groups is 1. The molecule has 2 atom stereocenters. The molecule has 0 aromatic carbocycles. The van der Waals surface area contributed by atoms with E-state index < -0.39 is 38.6 Å². The molecular formula is C43H67O9P. The van der Waals surface area contributed by atoms with E-state index in [0.29, 0.717) is 25.7 Å². The second-order valence-electron chi connectivity index (χ2n) is 12.4. The van der Waals surface area contributed by atoms with Crippen molar-refractivity contribution >= 4 is 19.8 Å². The first-order valence-electron chi connectivity index (χ1n) is 19.3. The van der Waals surface area contributed by atoms with Gasteiger partial charge in [-0.3, -0.25) is 14.1 Å². The second-order valence-corrected chi connectivity index (χ2v) is 13.6. The monoisotopic (exact) mass is 758 g/mol. The molecule has 0 heterocycles. The van der Waals surface area contributed by atoms with E-state index in [1.807, 2.05) is 54.7 Å². The molecule has 0 fully saturated rings. The first-order chi connectivity index (χ1) is 25.7. The molecule has 53 heavy (non-hydrogen) atoms. The molecule has 0 aliphatic rings. The number of rotatable bonds is 33.